The van der Waals surface area contributed by atoms with Crippen molar-refractivity contribution < 1.29 is 4.79 Å². The first kappa shape index (κ1) is 17.4. The van der Waals surface area contributed by atoms with E-state index in [9.17, 15) is 4.79 Å². The third-order valence-corrected chi connectivity index (χ3v) is 5.75. The highest BCUT2D eigenvalue weighted by atomic mass is 16.1. The van der Waals surface area contributed by atoms with Crippen LogP contribution in [0.1, 0.15) is 36.9 Å². The second-order valence-electron chi connectivity index (χ2n) is 8.07. The van der Waals surface area contributed by atoms with Gasteiger partial charge in [0, 0.05) is 59.7 Å². The van der Waals surface area contributed by atoms with E-state index in [1.165, 1.54) is 31.5 Å². The lowest BCUT2D eigenvalue weighted by Crippen LogP contribution is -2.18. The lowest BCUT2D eigenvalue weighted by Gasteiger charge is -2.14. The molecular weight excluding hydrogens is 348 g/mol. The molecule has 3 aromatic heterocycles. The third kappa shape index (κ3) is 3.80. The van der Waals surface area contributed by atoms with Gasteiger partial charge in [0.25, 0.3) is 0 Å². The van der Waals surface area contributed by atoms with Gasteiger partial charge in [-0.3, -0.25) is 24.6 Å². The highest BCUT2D eigenvalue weighted by Crippen LogP contribution is 2.31. The van der Waals surface area contributed by atoms with Crippen molar-refractivity contribution in [3.8, 4) is 11.1 Å². The highest BCUT2D eigenvalue weighted by Gasteiger charge is 2.29. The van der Waals surface area contributed by atoms with Crippen LogP contribution in [-0.2, 0) is 17.8 Å². The van der Waals surface area contributed by atoms with Crippen molar-refractivity contribution in [2.75, 3.05) is 13.1 Å². The molecule has 0 bridgehead atoms. The number of hydrogen-bond donors (Lipinski definition) is 0. The second-order valence-corrected chi connectivity index (χ2v) is 8.07. The maximum absolute atomic E-state index is 12.1. The summed E-state index contributed by atoms with van der Waals surface area (Å²) in [6.45, 7) is 3.31. The molecule has 2 fully saturated rings. The normalized spacial score (nSPS) is 17.3. The van der Waals surface area contributed by atoms with E-state index >= 15 is 0 Å². The van der Waals surface area contributed by atoms with E-state index < -0.39 is 0 Å². The van der Waals surface area contributed by atoms with Gasteiger partial charge in [0.2, 0.25) is 0 Å². The number of carbonyl (C=O) groups is 1. The van der Waals surface area contributed by atoms with Gasteiger partial charge in [0.15, 0.2) is 0 Å². The van der Waals surface area contributed by atoms with Gasteiger partial charge in [0.05, 0.1) is 11.7 Å². The molecule has 0 spiro atoms. The summed E-state index contributed by atoms with van der Waals surface area (Å²) in [6.07, 6.45) is 12.6. The van der Waals surface area contributed by atoms with Gasteiger partial charge in [-0.1, -0.05) is 0 Å². The summed E-state index contributed by atoms with van der Waals surface area (Å²) in [4.78, 5) is 28.0. The SMILES string of the molecule is O=C(Cc1cc2cc(-c3cncc(CN4CCCC4)c3)cnc2cn1)C1CC1. The monoisotopic (exact) mass is 372 g/mol. The van der Waals surface area contributed by atoms with E-state index in [0.29, 0.717) is 12.2 Å². The van der Waals surface area contributed by atoms with Gasteiger partial charge < -0.3 is 0 Å². The molecule has 1 saturated carbocycles. The zero-order valence-corrected chi connectivity index (χ0v) is 16.0. The van der Waals surface area contributed by atoms with E-state index in [0.717, 1.165) is 47.1 Å². The number of nitrogens with zero attached hydrogens (tertiary/aromatic N) is 4. The Morgan fingerprint density at radius 1 is 0.964 bits per heavy atom. The minimum Gasteiger partial charge on any atom is -0.299 e. The van der Waals surface area contributed by atoms with Crippen LogP contribution >= 0.6 is 0 Å². The number of pyridine rings is 3. The Balaban J connectivity index is 1.41. The first-order valence-electron chi connectivity index (χ1n) is 10.2. The molecule has 0 atom stereocenters. The number of fused-ring (bicyclic) bond motifs is 1. The Morgan fingerprint density at radius 2 is 1.79 bits per heavy atom. The lowest BCUT2D eigenvalue weighted by atomic mass is 10.0. The Labute approximate surface area is 164 Å². The van der Waals surface area contributed by atoms with Crippen molar-refractivity contribution in [2.45, 2.75) is 38.6 Å². The average molecular weight is 372 g/mol. The summed E-state index contributed by atoms with van der Waals surface area (Å²) in [7, 11) is 0. The molecule has 5 heteroatoms. The zero-order chi connectivity index (χ0) is 18.9. The number of hydrogen-bond acceptors (Lipinski definition) is 5. The van der Waals surface area contributed by atoms with Crippen LogP contribution in [0.2, 0.25) is 0 Å². The Bertz CT molecular complexity index is 1020. The summed E-state index contributed by atoms with van der Waals surface area (Å²) < 4.78 is 0. The molecule has 0 radical (unpaired) electrons. The molecule has 5 nitrogen and oxygen atoms in total. The molecule has 0 unspecified atom stereocenters. The molecule has 0 aromatic carbocycles. The predicted octanol–water partition coefficient (Wildman–Crippen LogP) is 3.81. The largest absolute Gasteiger partial charge is 0.299 e. The minimum absolute atomic E-state index is 0.270. The Morgan fingerprint density at radius 3 is 2.61 bits per heavy atom. The number of rotatable bonds is 6. The zero-order valence-electron chi connectivity index (χ0n) is 16.0. The van der Waals surface area contributed by atoms with Gasteiger partial charge in [0.1, 0.15) is 5.78 Å². The van der Waals surface area contributed by atoms with Gasteiger partial charge >= 0.3 is 0 Å². The van der Waals surface area contributed by atoms with Crippen LogP contribution in [0.25, 0.3) is 22.0 Å². The topological polar surface area (TPSA) is 59.0 Å². The third-order valence-electron chi connectivity index (χ3n) is 5.75. The van der Waals surface area contributed by atoms with Crippen LogP contribution in [0.15, 0.2) is 43.0 Å². The van der Waals surface area contributed by atoms with Crippen LogP contribution in [0.4, 0.5) is 0 Å². The average Bonchev–Trinajstić information content (AvgIpc) is 3.45. The van der Waals surface area contributed by atoms with E-state index in [4.69, 9.17) is 0 Å². The molecule has 1 aliphatic heterocycles. The van der Waals surface area contributed by atoms with Crippen molar-refractivity contribution in [1.29, 1.82) is 0 Å². The molecule has 1 aliphatic carbocycles. The molecule has 142 valence electrons. The van der Waals surface area contributed by atoms with Gasteiger partial charge in [-0.05, 0) is 62.5 Å². The minimum atomic E-state index is 0.270. The van der Waals surface area contributed by atoms with Gasteiger partial charge in [-0.25, -0.2) is 0 Å². The Hall–Kier alpha value is -2.66. The molecule has 2 aliphatic rings. The summed E-state index contributed by atoms with van der Waals surface area (Å²) in [6, 6.07) is 6.35. The summed E-state index contributed by atoms with van der Waals surface area (Å²) in [5.41, 5.74) is 5.06. The molecule has 0 N–H and O–H groups in total. The molecule has 0 amide bonds. The number of carbonyl (C=O) groups excluding carboxylic acids is 1. The van der Waals surface area contributed by atoms with Crippen LogP contribution in [0.5, 0.6) is 0 Å². The van der Waals surface area contributed by atoms with Crippen LogP contribution < -0.4 is 0 Å². The molecule has 4 heterocycles. The first-order chi connectivity index (χ1) is 13.7. The summed E-state index contributed by atoms with van der Waals surface area (Å²) >= 11 is 0. The van der Waals surface area contributed by atoms with E-state index in [1.807, 2.05) is 24.7 Å². The molecular formula is C23H24N4O. The Kier molecular flexibility index (Phi) is 4.61. The standard InChI is InChI=1S/C23H24N4O/c28-23(17-3-4-17)10-21-9-18-8-20(13-26-22(18)14-25-21)19-7-16(11-24-12-19)15-27-5-1-2-6-27/h7-9,11-14,17H,1-6,10,15H2. The molecule has 1 saturated heterocycles. The number of aromatic nitrogens is 3. The fourth-order valence-corrected chi connectivity index (χ4v) is 3.99. The van der Waals surface area contributed by atoms with Gasteiger partial charge in [-0.2, -0.15) is 0 Å². The lowest BCUT2D eigenvalue weighted by molar-refractivity contribution is -0.119. The summed E-state index contributed by atoms with van der Waals surface area (Å²) in [5, 5.41) is 1.02. The number of likely N-dealkylation sites (tertiary alicyclic amines) is 1. The van der Waals surface area contributed by atoms with Crippen molar-refractivity contribution >= 4 is 16.7 Å². The fraction of sp³-hybridized carbons (Fsp3) is 0.391. The van der Waals surface area contributed by atoms with Crippen LogP contribution in [-0.4, -0.2) is 38.7 Å². The van der Waals surface area contributed by atoms with Crippen molar-refractivity contribution in [3.63, 3.8) is 0 Å². The van der Waals surface area contributed by atoms with E-state index in [2.05, 4.69) is 32.0 Å². The molecule has 5 rings (SSSR count). The van der Waals surface area contributed by atoms with Gasteiger partial charge in [-0.15, -0.1) is 0 Å². The fourth-order valence-electron chi connectivity index (χ4n) is 3.99. The molecule has 3 aromatic rings. The predicted molar refractivity (Wildman–Crippen MR) is 109 cm³/mol. The van der Waals surface area contributed by atoms with Crippen LogP contribution in [0, 0.1) is 5.92 Å². The van der Waals surface area contributed by atoms with E-state index in [-0.39, 0.29) is 5.92 Å². The first-order valence-corrected chi connectivity index (χ1v) is 10.2. The van der Waals surface area contributed by atoms with Crippen LogP contribution in [0.3, 0.4) is 0 Å². The maximum atomic E-state index is 12.1. The number of Topliss-reactive ketones (excluding diaryl/α,β-unsaturated/α-hetero) is 1. The second kappa shape index (κ2) is 7.40. The maximum Gasteiger partial charge on any atom is 0.141 e. The highest BCUT2D eigenvalue weighted by molar-refractivity contribution is 5.87. The quantitative estimate of drug-likeness (QED) is 0.658. The van der Waals surface area contributed by atoms with Crippen molar-refractivity contribution in [1.82, 2.24) is 19.9 Å². The molecule has 28 heavy (non-hydrogen) atoms. The summed E-state index contributed by atoms with van der Waals surface area (Å²) in [5.74, 6) is 0.584. The van der Waals surface area contributed by atoms with Crippen molar-refractivity contribution in [3.05, 3.63) is 54.2 Å². The smallest absolute Gasteiger partial charge is 0.141 e. The number of ketones is 1. The van der Waals surface area contributed by atoms with Crippen molar-refractivity contribution in [2.24, 2.45) is 5.92 Å². The van der Waals surface area contributed by atoms with E-state index in [1.54, 1.807) is 6.20 Å².